The maximum atomic E-state index is 12.8. The lowest BCUT2D eigenvalue weighted by Crippen LogP contribution is -2.37. The summed E-state index contributed by atoms with van der Waals surface area (Å²) in [5.41, 5.74) is 2.09. The van der Waals surface area contributed by atoms with Gasteiger partial charge in [0.25, 0.3) is 0 Å². The van der Waals surface area contributed by atoms with Crippen molar-refractivity contribution in [2.45, 2.75) is 26.5 Å². The van der Waals surface area contributed by atoms with Crippen LogP contribution in [0.3, 0.4) is 0 Å². The Morgan fingerprint density at radius 2 is 2.00 bits per heavy atom. The average Bonchev–Trinajstić information content (AvgIpc) is 2.82. The van der Waals surface area contributed by atoms with Crippen molar-refractivity contribution in [3.8, 4) is 0 Å². The first-order valence-corrected chi connectivity index (χ1v) is 6.84. The number of carbonyl (C=O) groups excluding carboxylic acids is 1. The molecule has 118 valence electrons. The van der Waals surface area contributed by atoms with E-state index in [0.717, 1.165) is 11.3 Å². The highest BCUT2D eigenvalue weighted by atomic mass is 19.1. The van der Waals surface area contributed by atoms with E-state index >= 15 is 0 Å². The topological polar surface area (TPSA) is 87.4 Å². The number of hydrogen-bond acceptors (Lipinski definition) is 4. The first-order chi connectivity index (χ1) is 10.5. The summed E-state index contributed by atoms with van der Waals surface area (Å²) in [6.07, 6.45) is -0.898. The van der Waals surface area contributed by atoms with Gasteiger partial charge >= 0.3 is 6.03 Å². The molecule has 0 unspecified atom stereocenters. The summed E-state index contributed by atoms with van der Waals surface area (Å²) in [5, 5.41) is 18.9. The molecule has 3 N–H and O–H groups in total. The van der Waals surface area contributed by atoms with Crippen LogP contribution in [-0.4, -0.2) is 22.8 Å². The SMILES string of the molecule is Cc1noc(C)c1CNC(=O)NC[C@H](O)c1ccc(F)cc1. The molecule has 7 heteroatoms. The van der Waals surface area contributed by atoms with E-state index in [1.807, 2.05) is 0 Å². The number of aliphatic hydroxyl groups excluding tert-OH is 1. The number of urea groups is 1. The van der Waals surface area contributed by atoms with Crippen LogP contribution in [0, 0.1) is 19.7 Å². The summed E-state index contributed by atoms with van der Waals surface area (Å²) in [6.45, 7) is 3.88. The maximum absolute atomic E-state index is 12.8. The Labute approximate surface area is 127 Å². The van der Waals surface area contributed by atoms with Gasteiger partial charge in [0, 0.05) is 18.7 Å². The quantitative estimate of drug-likeness (QED) is 0.788. The molecule has 2 amide bonds. The van der Waals surface area contributed by atoms with E-state index in [4.69, 9.17) is 4.52 Å². The molecule has 1 aromatic carbocycles. The minimum atomic E-state index is -0.898. The second-order valence-electron chi connectivity index (χ2n) is 4.93. The predicted octanol–water partition coefficient (Wildman–Crippen LogP) is 1.96. The highest BCUT2D eigenvalue weighted by Crippen LogP contribution is 2.13. The molecule has 0 spiro atoms. The van der Waals surface area contributed by atoms with E-state index in [1.165, 1.54) is 24.3 Å². The number of aromatic nitrogens is 1. The number of rotatable bonds is 5. The summed E-state index contributed by atoms with van der Waals surface area (Å²) in [5.74, 6) is 0.283. The van der Waals surface area contributed by atoms with Crippen LogP contribution in [0.15, 0.2) is 28.8 Å². The van der Waals surface area contributed by atoms with E-state index in [2.05, 4.69) is 15.8 Å². The van der Waals surface area contributed by atoms with Crippen LogP contribution < -0.4 is 10.6 Å². The monoisotopic (exact) mass is 307 g/mol. The molecule has 0 aliphatic carbocycles. The van der Waals surface area contributed by atoms with Gasteiger partial charge in [0.15, 0.2) is 0 Å². The number of halogens is 1. The number of hydrogen-bond donors (Lipinski definition) is 3. The number of nitrogens with zero attached hydrogens (tertiary/aromatic N) is 1. The van der Waals surface area contributed by atoms with Gasteiger partial charge in [-0.15, -0.1) is 0 Å². The van der Waals surface area contributed by atoms with E-state index in [1.54, 1.807) is 13.8 Å². The molecular weight excluding hydrogens is 289 g/mol. The first-order valence-electron chi connectivity index (χ1n) is 6.84. The summed E-state index contributed by atoms with van der Waals surface area (Å²) in [6, 6.07) is 5.06. The maximum Gasteiger partial charge on any atom is 0.315 e. The van der Waals surface area contributed by atoms with Gasteiger partial charge in [-0.25, -0.2) is 9.18 Å². The number of carbonyl (C=O) groups is 1. The molecule has 22 heavy (non-hydrogen) atoms. The molecule has 6 nitrogen and oxygen atoms in total. The summed E-state index contributed by atoms with van der Waals surface area (Å²) in [4.78, 5) is 11.7. The number of aliphatic hydroxyl groups is 1. The molecule has 1 aromatic heterocycles. The molecule has 1 heterocycles. The molecular formula is C15H18FN3O3. The second-order valence-corrected chi connectivity index (χ2v) is 4.93. The van der Waals surface area contributed by atoms with Crippen LogP contribution >= 0.6 is 0 Å². The molecule has 0 aliphatic rings. The van der Waals surface area contributed by atoms with Crippen LogP contribution in [0.25, 0.3) is 0 Å². The standard InChI is InChI=1S/C15H18FN3O3/c1-9-13(10(2)22-19-9)7-17-15(21)18-8-14(20)11-3-5-12(16)6-4-11/h3-6,14,20H,7-8H2,1-2H3,(H2,17,18,21)/t14-/m0/s1. The zero-order valence-electron chi connectivity index (χ0n) is 12.4. The van der Waals surface area contributed by atoms with Crippen molar-refractivity contribution >= 4 is 6.03 Å². The highest BCUT2D eigenvalue weighted by molar-refractivity contribution is 5.73. The fraction of sp³-hybridized carbons (Fsp3) is 0.333. The van der Waals surface area contributed by atoms with Crippen LogP contribution in [0.4, 0.5) is 9.18 Å². The van der Waals surface area contributed by atoms with E-state index in [-0.39, 0.29) is 12.4 Å². The van der Waals surface area contributed by atoms with Gasteiger partial charge in [0.1, 0.15) is 11.6 Å². The molecule has 0 radical (unpaired) electrons. The minimum Gasteiger partial charge on any atom is -0.387 e. The van der Waals surface area contributed by atoms with Crippen LogP contribution in [0.5, 0.6) is 0 Å². The summed E-state index contributed by atoms with van der Waals surface area (Å²) < 4.78 is 17.8. The minimum absolute atomic E-state index is 0.0269. The lowest BCUT2D eigenvalue weighted by molar-refractivity contribution is 0.173. The van der Waals surface area contributed by atoms with Gasteiger partial charge < -0.3 is 20.3 Å². The van der Waals surface area contributed by atoms with Crippen molar-refractivity contribution in [1.82, 2.24) is 15.8 Å². The smallest absolute Gasteiger partial charge is 0.315 e. The van der Waals surface area contributed by atoms with E-state index in [0.29, 0.717) is 17.9 Å². The third-order valence-corrected chi connectivity index (χ3v) is 3.32. The van der Waals surface area contributed by atoms with Crippen molar-refractivity contribution in [3.63, 3.8) is 0 Å². The zero-order chi connectivity index (χ0) is 16.1. The Kier molecular flexibility index (Phi) is 5.11. The van der Waals surface area contributed by atoms with Crippen molar-refractivity contribution in [2.75, 3.05) is 6.54 Å². The molecule has 2 aromatic rings. The van der Waals surface area contributed by atoms with Crippen LogP contribution in [-0.2, 0) is 6.54 Å². The second kappa shape index (κ2) is 7.04. The summed E-state index contributed by atoms with van der Waals surface area (Å²) in [7, 11) is 0. The lowest BCUT2D eigenvalue weighted by Gasteiger charge is -2.13. The Bertz CT molecular complexity index is 620. The van der Waals surface area contributed by atoms with E-state index < -0.39 is 12.1 Å². The fourth-order valence-electron chi connectivity index (χ4n) is 1.98. The lowest BCUT2D eigenvalue weighted by atomic mass is 10.1. The Balaban J connectivity index is 1.79. The normalized spacial score (nSPS) is 12.0. The molecule has 0 aliphatic heterocycles. The van der Waals surface area contributed by atoms with Gasteiger partial charge in [-0.1, -0.05) is 17.3 Å². The van der Waals surface area contributed by atoms with Crippen molar-refractivity contribution in [1.29, 1.82) is 0 Å². The largest absolute Gasteiger partial charge is 0.387 e. The fourth-order valence-corrected chi connectivity index (χ4v) is 1.98. The Morgan fingerprint density at radius 1 is 1.32 bits per heavy atom. The van der Waals surface area contributed by atoms with Crippen LogP contribution in [0.1, 0.15) is 28.7 Å². The van der Waals surface area contributed by atoms with Gasteiger partial charge in [0.2, 0.25) is 0 Å². The molecule has 0 fully saturated rings. The van der Waals surface area contributed by atoms with Crippen LogP contribution in [0.2, 0.25) is 0 Å². The van der Waals surface area contributed by atoms with Crippen molar-refractivity contribution in [2.24, 2.45) is 0 Å². The first kappa shape index (κ1) is 16.0. The molecule has 0 saturated heterocycles. The van der Waals surface area contributed by atoms with E-state index in [9.17, 15) is 14.3 Å². The molecule has 0 saturated carbocycles. The highest BCUT2D eigenvalue weighted by Gasteiger charge is 2.12. The molecule has 1 atom stereocenters. The third kappa shape index (κ3) is 4.05. The van der Waals surface area contributed by atoms with Gasteiger partial charge in [-0.05, 0) is 31.5 Å². The van der Waals surface area contributed by atoms with Gasteiger partial charge in [-0.2, -0.15) is 0 Å². The number of aryl methyl sites for hydroxylation is 2. The molecule has 2 rings (SSSR count). The average molecular weight is 307 g/mol. The van der Waals surface area contributed by atoms with Crippen molar-refractivity contribution in [3.05, 3.63) is 52.7 Å². The van der Waals surface area contributed by atoms with Gasteiger partial charge in [-0.3, -0.25) is 0 Å². The predicted molar refractivity (Wildman–Crippen MR) is 77.6 cm³/mol. The third-order valence-electron chi connectivity index (χ3n) is 3.32. The van der Waals surface area contributed by atoms with Crippen molar-refractivity contribution < 1.29 is 18.8 Å². The summed E-state index contributed by atoms with van der Waals surface area (Å²) >= 11 is 0. The molecule has 0 bridgehead atoms. The Hall–Kier alpha value is -2.41. The zero-order valence-corrected chi connectivity index (χ0v) is 12.4. The number of amides is 2. The Morgan fingerprint density at radius 3 is 2.59 bits per heavy atom. The number of nitrogens with one attached hydrogen (secondary N) is 2. The number of benzene rings is 1. The van der Waals surface area contributed by atoms with Gasteiger partial charge in [0.05, 0.1) is 11.8 Å².